The summed E-state index contributed by atoms with van der Waals surface area (Å²) in [5.74, 6) is -1.98. The molecule has 1 aromatic carbocycles. The van der Waals surface area contributed by atoms with E-state index in [1.165, 1.54) is 29.7 Å². The van der Waals surface area contributed by atoms with Crippen molar-refractivity contribution in [1.82, 2.24) is 19.4 Å². The molecule has 4 heterocycles. The number of thiazole rings is 1. The lowest BCUT2D eigenvalue weighted by atomic mass is 10.0. The van der Waals surface area contributed by atoms with Gasteiger partial charge in [-0.15, -0.1) is 11.3 Å². The normalized spacial score (nSPS) is 20.6. The topological polar surface area (TPSA) is 86.3 Å². The highest BCUT2D eigenvalue weighted by Gasteiger charge is 2.42. The van der Waals surface area contributed by atoms with Crippen LogP contribution in [0.1, 0.15) is 17.5 Å². The van der Waals surface area contributed by atoms with Gasteiger partial charge in [0.1, 0.15) is 16.8 Å². The molecule has 1 atom stereocenters. The molecule has 0 unspecified atom stereocenters. The third kappa shape index (κ3) is 3.33. The number of halogens is 2. The van der Waals surface area contributed by atoms with Crippen molar-refractivity contribution in [1.29, 1.82) is 0 Å². The van der Waals surface area contributed by atoms with Gasteiger partial charge < -0.3 is 14.9 Å². The summed E-state index contributed by atoms with van der Waals surface area (Å²) in [5, 5.41) is 11.5. The average Bonchev–Trinajstić information content (AvgIpc) is 3.34. The van der Waals surface area contributed by atoms with Crippen LogP contribution in [0.25, 0.3) is 10.6 Å². The summed E-state index contributed by atoms with van der Waals surface area (Å²) in [5.41, 5.74) is 0.951. The molecular weight excluding hydrogens is 416 g/mol. The lowest BCUT2D eigenvalue weighted by Gasteiger charge is -2.32. The number of ether oxygens (including phenoxy) is 1. The van der Waals surface area contributed by atoms with Crippen molar-refractivity contribution in [2.24, 2.45) is 0 Å². The summed E-state index contributed by atoms with van der Waals surface area (Å²) in [7, 11) is 0. The molecule has 0 saturated carbocycles. The Labute approximate surface area is 173 Å². The number of imidazole rings is 1. The molecule has 156 valence electrons. The number of nitrogens with zero attached hydrogens (tertiary/aromatic N) is 5. The summed E-state index contributed by atoms with van der Waals surface area (Å²) in [6.07, 6.45) is 2.20. The Kier molecular flexibility index (Phi) is 4.33. The smallest absolute Gasteiger partial charge is 0.415 e. The van der Waals surface area contributed by atoms with Crippen molar-refractivity contribution >= 4 is 17.2 Å². The molecule has 8 nitrogen and oxygen atoms in total. The predicted octanol–water partition coefficient (Wildman–Crippen LogP) is 3.40. The van der Waals surface area contributed by atoms with Gasteiger partial charge in [-0.1, -0.05) is 0 Å². The van der Waals surface area contributed by atoms with E-state index in [9.17, 15) is 18.9 Å². The maximum Gasteiger partial charge on any atom is 0.415 e. The van der Waals surface area contributed by atoms with E-state index in [-0.39, 0.29) is 11.8 Å². The first kappa shape index (κ1) is 19.1. The Hall–Kier alpha value is -2.92. The molecule has 0 N–H and O–H groups in total. The van der Waals surface area contributed by atoms with Crippen molar-refractivity contribution in [2.45, 2.75) is 32.0 Å². The number of hydrogen-bond acceptors (Lipinski definition) is 7. The van der Waals surface area contributed by atoms with Crippen LogP contribution < -0.4 is 4.74 Å². The largest absolute Gasteiger partial charge is 0.436 e. The Morgan fingerprint density at radius 3 is 2.90 bits per heavy atom. The van der Waals surface area contributed by atoms with Crippen molar-refractivity contribution in [3.63, 3.8) is 0 Å². The summed E-state index contributed by atoms with van der Waals surface area (Å²) >= 11 is 1.51. The Bertz CT molecular complexity index is 1140. The van der Waals surface area contributed by atoms with Gasteiger partial charge in [-0.25, -0.2) is 13.8 Å². The first-order chi connectivity index (χ1) is 14.3. The minimum absolute atomic E-state index is 0.220. The van der Waals surface area contributed by atoms with Crippen molar-refractivity contribution in [3.05, 3.63) is 56.7 Å². The molecule has 2 aliphatic rings. The lowest BCUT2D eigenvalue weighted by Crippen LogP contribution is -2.46. The summed E-state index contributed by atoms with van der Waals surface area (Å²) in [6.45, 7) is 4.48. The van der Waals surface area contributed by atoms with Crippen LogP contribution >= 0.6 is 11.3 Å². The molecule has 0 radical (unpaired) electrons. The first-order valence-corrected chi connectivity index (χ1v) is 10.2. The molecule has 2 aromatic heterocycles. The van der Waals surface area contributed by atoms with Gasteiger partial charge in [0.25, 0.3) is 0 Å². The van der Waals surface area contributed by atoms with Gasteiger partial charge in [-0.2, -0.15) is 0 Å². The minimum Gasteiger partial charge on any atom is -0.436 e. The number of benzene rings is 1. The van der Waals surface area contributed by atoms with Gasteiger partial charge >= 0.3 is 11.8 Å². The molecule has 0 amide bonds. The van der Waals surface area contributed by atoms with E-state index in [0.29, 0.717) is 30.2 Å². The second-order valence-corrected chi connectivity index (χ2v) is 8.88. The summed E-state index contributed by atoms with van der Waals surface area (Å²) < 4.78 is 34.4. The molecule has 30 heavy (non-hydrogen) atoms. The van der Waals surface area contributed by atoms with Gasteiger partial charge in [0.2, 0.25) is 0 Å². The fraction of sp³-hybridized carbons (Fsp3) is 0.368. The maximum atomic E-state index is 13.6. The number of nitro groups is 1. The minimum atomic E-state index is -0.883. The zero-order chi connectivity index (χ0) is 21.0. The molecule has 3 aromatic rings. The highest BCUT2D eigenvalue weighted by Crippen LogP contribution is 2.35. The fourth-order valence-electron chi connectivity index (χ4n) is 3.98. The third-order valence-corrected chi connectivity index (χ3v) is 6.49. The van der Waals surface area contributed by atoms with E-state index >= 15 is 0 Å². The summed E-state index contributed by atoms with van der Waals surface area (Å²) in [6, 6.07) is 4.08. The van der Waals surface area contributed by atoms with Gasteiger partial charge in [0.05, 0.1) is 12.2 Å². The number of hydrogen-bond donors (Lipinski definition) is 0. The molecule has 0 saturated heterocycles. The van der Waals surface area contributed by atoms with Gasteiger partial charge in [-0.05, 0) is 36.5 Å². The molecule has 11 heteroatoms. The van der Waals surface area contributed by atoms with E-state index in [0.717, 1.165) is 29.6 Å². The number of fused-ring (bicyclic) bond motifs is 2. The standard InChI is InChI=1S/C19H17F2N5O3S/c1-19(10-25-8-16(26(27)28)23-18(25)29-19)9-24-5-4-15-14(7-24)22-17(30-15)11-2-3-12(20)13(21)6-11/h2-3,6,8H,4-5,7,9-10H2,1H3/t19-/m0/s1. The Morgan fingerprint density at radius 2 is 2.17 bits per heavy atom. The van der Waals surface area contributed by atoms with E-state index < -0.39 is 22.2 Å². The van der Waals surface area contributed by atoms with E-state index in [1.54, 1.807) is 4.57 Å². The van der Waals surface area contributed by atoms with Gasteiger partial charge in [0.15, 0.2) is 11.6 Å². The molecule has 0 spiro atoms. The molecule has 2 aliphatic heterocycles. The summed E-state index contributed by atoms with van der Waals surface area (Å²) in [4.78, 5) is 22.3. The zero-order valence-corrected chi connectivity index (χ0v) is 16.8. The van der Waals surface area contributed by atoms with Crippen LogP contribution in [0.2, 0.25) is 0 Å². The molecule has 0 fully saturated rings. The quantitative estimate of drug-likeness (QED) is 0.463. The molecule has 0 aliphatic carbocycles. The van der Waals surface area contributed by atoms with E-state index in [1.807, 2.05) is 6.92 Å². The molecular formula is C19H17F2N5O3S. The van der Waals surface area contributed by atoms with Crippen LogP contribution in [0.15, 0.2) is 24.4 Å². The lowest BCUT2D eigenvalue weighted by molar-refractivity contribution is -0.389. The molecule has 5 rings (SSSR count). The van der Waals surface area contributed by atoms with Crippen molar-refractivity contribution < 1.29 is 18.4 Å². The second-order valence-electron chi connectivity index (χ2n) is 7.80. The monoisotopic (exact) mass is 433 g/mol. The first-order valence-electron chi connectivity index (χ1n) is 9.37. The fourth-order valence-corrected chi connectivity index (χ4v) is 5.03. The van der Waals surface area contributed by atoms with Gasteiger partial charge in [-0.3, -0.25) is 9.47 Å². The Morgan fingerprint density at radius 1 is 1.33 bits per heavy atom. The van der Waals surface area contributed by atoms with Crippen LogP contribution in [0.5, 0.6) is 6.01 Å². The second kappa shape index (κ2) is 6.81. The van der Waals surface area contributed by atoms with E-state index in [4.69, 9.17) is 4.74 Å². The number of rotatable bonds is 4. The average molecular weight is 433 g/mol. The van der Waals surface area contributed by atoms with Crippen LogP contribution in [0.3, 0.4) is 0 Å². The van der Waals surface area contributed by atoms with Crippen LogP contribution in [-0.2, 0) is 19.5 Å². The predicted molar refractivity (Wildman–Crippen MR) is 104 cm³/mol. The van der Waals surface area contributed by atoms with Crippen molar-refractivity contribution in [3.8, 4) is 16.6 Å². The molecule has 0 bridgehead atoms. The highest BCUT2D eigenvalue weighted by atomic mass is 32.1. The van der Waals surface area contributed by atoms with Crippen LogP contribution in [0, 0.1) is 21.7 Å². The van der Waals surface area contributed by atoms with E-state index in [2.05, 4.69) is 14.9 Å². The zero-order valence-electron chi connectivity index (χ0n) is 16.0. The Balaban J connectivity index is 1.29. The number of aromatic nitrogens is 3. The third-order valence-electron chi connectivity index (χ3n) is 5.29. The SMILES string of the molecule is C[C@]1(CN2CCc3sc(-c4ccc(F)c(F)c4)nc3C2)Cn2cc([N+](=O)[O-])nc2O1. The van der Waals surface area contributed by atoms with Crippen LogP contribution in [-0.4, -0.2) is 43.0 Å². The maximum absolute atomic E-state index is 13.6. The highest BCUT2D eigenvalue weighted by molar-refractivity contribution is 7.15. The van der Waals surface area contributed by atoms with Crippen molar-refractivity contribution in [2.75, 3.05) is 13.1 Å². The van der Waals surface area contributed by atoms with Crippen LogP contribution in [0.4, 0.5) is 14.6 Å². The van der Waals surface area contributed by atoms with Gasteiger partial charge in [0, 0.05) is 35.1 Å².